The van der Waals surface area contributed by atoms with Crippen LogP contribution in [-0.2, 0) is 0 Å². The first-order valence-electron chi connectivity index (χ1n) is 15.8. The Kier molecular flexibility index (Phi) is 6.43. The first kappa shape index (κ1) is 27.0. The zero-order chi connectivity index (χ0) is 31.2. The number of aromatic nitrogens is 4. The minimum Gasteiger partial charge on any atom is -0.309 e. The van der Waals surface area contributed by atoms with E-state index in [1.807, 2.05) is 60.7 Å². The summed E-state index contributed by atoms with van der Waals surface area (Å²) in [4.78, 5) is 15.0. The summed E-state index contributed by atoms with van der Waals surface area (Å²) in [7, 11) is 0. The van der Waals surface area contributed by atoms with Crippen molar-refractivity contribution in [1.82, 2.24) is 19.5 Å². The average molecular weight is 601 g/mol. The van der Waals surface area contributed by atoms with Crippen LogP contribution in [0.15, 0.2) is 170 Å². The van der Waals surface area contributed by atoms with Gasteiger partial charge in [0.2, 0.25) is 0 Å². The number of fused-ring (bicyclic) bond motifs is 4. The van der Waals surface area contributed by atoms with Crippen molar-refractivity contribution in [2.75, 3.05) is 0 Å². The number of hydrogen-bond acceptors (Lipinski definition) is 3. The van der Waals surface area contributed by atoms with Gasteiger partial charge < -0.3 is 4.57 Å². The van der Waals surface area contributed by atoms with E-state index >= 15 is 0 Å². The second kappa shape index (κ2) is 11.2. The Balaban J connectivity index is 1.27. The molecular weight excluding hydrogens is 573 g/mol. The van der Waals surface area contributed by atoms with E-state index in [1.165, 1.54) is 27.2 Å². The van der Waals surface area contributed by atoms with Gasteiger partial charge in [-0.2, -0.15) is 0 Å². The average Bonchev–Trinajstić information content (AvgIpc) is 3.49. The van der Waals surface area contributed by atoms with Crippen molar-refractivity contribution in [3.05, 3.63) is 170 Å². The monoisotopic (exact) mass is 600 g/mol. The van der Waals surface area contributed by atoms with Crippen LogP contribution >= 0.6 is 0 Å². The maximum atomic E-state index is 5.04. The molecular formula is C43H28N4. The van der Waals surface area contributed by atoms with Gasteiger partial charge in [-0.15, -0.1) is 0 Å². The van der Waals surface area contributed by atoms with Crippen molar-refractivity contribution in [3.8, 4) is 51.0 Å². The summed E-state index contributed by atoms with van der Waals surface area (Å²) in [6.07, 6.45) is 0. The van der Waals surface area contributed by atoms with Crippen molar-refractivity contribution in [1.29, 1.82) is 0 Å². The standard InChI is InChI=1S/C43H28N4/c1-4-14-29(15-5-1)41-44-42(30-16-6-2-7-17-30)46-43(45-41)33-26-31-18-10-11-21-35(31)37(28-33)32-24-25-40-38(27-32)36-22-12-13-23-39(36)47(40)34-19-8-3-9-20-34/h1-28H. The van der Waals surface area contributed by atoms with Gasteiger partial charge >= 0.3 is 0 Å². The molecule has 47 heavy (non-hydrogen) atoms. The molecule has 220 valence electrons. The molecule has 0 saturated carbocycles. The zero-order valence-corrected chi connectivity index (χ0v) is 25.5. The first-order valence-corrected chi connectivity index (χ1v) is 15.8. The minimum atomic E-state index is 0.645. The highest BCUT2D eigenvalue weighted by molar-refractivity contribution is 6.11. The maximum absolute atomic E-state index is 5.04. The lowest BCUT2D eigenvalue weighted by molar-refractivity contribution is 1.07. The summed E-state index contributed by atoms with van der Waals surface area (Å²) in [6.45, 7) is 0. The third-order valence-corrected chi connectivity index (χ3v) is 8.82. The molecule has 2 heterocycles. The molecule has 0 unspecified atom stereocenters. The Morgan fingerprint density at radius 3 is 1.55 bits per heavy atom. The van der Waals surface area contributed by atoms with Gasteiger partial charge in [-0.1, -0.05) is 127 Å². The Labute approximate surface area is 272 Å². The van der Waals surface area contributed by atoms with E-state index in [0.717, 1.165) is 38.9 Å². The normalized spacial score (nSPS) is 11.4. The summed E-state index contributed by atoms with van der Waals surface area (Å²) in [5, 5.41) is 4.76. The van der Waals surface area contributed by atoms with Crippen LogP contribution in [0.3, 0.4) is 0 Å². The van der Waals surface area contributed by atoms with E-state index in [1.54, 1.807) is 0 Å². The molecule has 2 aromatic heterocycles. The number of para-hydroxylation sites is 2. The van der Waals surface area contributed by atoms with Gasteiger partial charge in [0.05, 0.1) is 11.0 Å². The van der Waals surface area contributed by atoms with E-state index < -0.39 is 0 Å². The fourth-order valence-electron chi connectivity index (χ4n) is 6.61. The van der Waals surface area contributed by atoms with Gasteiger partial charge in [0, 0.05) is 33.2 Å². The molecule has 9 rings (SSSR count). The van der Waals surface area contributed by atoms with Crippen molar-refractivity contribution >= 4 is 32.6 Å². The molecule has 9 aromatic rings. The first-order chi connectivity index (χ1) is 23.3. The second-order valence-electron chi connectivity index (χ2n) is 11.7. The Morgan fingerprint density at radius 2 is 0.872 bits per heavy atom. The third kappa shape index (κ3) is 4.75. The van der Waals surface area contributed by atoms with Crippen LogP contribution in [0.2, 0.25) is 0 Å². The van der Waals surface area contributed by atoms with E-state index in [-0.39, 0.29) is 0 Å². The summed E-state index contributed by atoms with van der Waals surface area (Å²) < 4.78 is 2.35. The molecule has 0 fully saturated rings. The van der Waals surface area contributed by atoms with Crippen LogP contribution in [0.4, 0.5) is 0 Å². The fraction of sp³-hybridized carbons (Fsp3) is 0. The molecule has 0 aliphatic heterocycles. The minimum absolute atomic E-state index is 0.645. The van der Waals surface area contributed by atoms with E-state index in [0.29, 0.717) is 17.5 Å². The predicted molar refractivity (Wildman–Crippen MR) is 193 cm³/mol. The quantitative estimate of drug-likeness (QED) is 0.197. The van der Waals surface area contributed by atoms with Gasteiger partial charge in [-0.25, -0.2) is 15.0 Å². The predicted octanol–water partition coefficient (Wildman–Crippen LogP) is 10.8. The van der Waals surface area contributed by atoms with E-state index in [9.17, 15) is 0 Å². The maximum Gasteiger partial charge on any atom is 0.164 e. The molecule has 7 aromatic carbocycles. The Morgan fingerprint density at radius 1 is 0.340 bits per heavy atom. The molecule has 4 nitrogen and oxygen atoms in total. The molecule has 0 atom stereocenters. The van der Waals surface area contributed by atoms with Crippen LogP contribution in [-0.4, -0.2) is 19.5 Å². The highest BCUT2D eigenvalue weighted by atomic mass is 15.0. The largest absolute Gasteiger partial charge is 0.309 e. The lowest BCUT2D eigenvalue weighted by atomic mass is 9.94. The highest BCUT2D eigenvalue weighted by Crippen LogP contribution is 2.38. The van der Waals surface area contributed by atoms with Crippen molar-refractivity contribution < 1.29 is 0 Å². The lowest BCUT2D eigenvalue weighted by Crippen LogP contribution is -2.00. The van der Waals surface area contributed by atoms with Crippen LogP contribution in [0.25, 0.3) is 83.6 Å². The van der Waals surface area contributed by atoms with Crippen LogP contribution in [0, 0.1) is 0 Å². The molecule has 0 aliphatic carbocycles. The lowest BCUT2D eigenvalue weighted by Gasteiger charge is -2.13. The SMILES string of the molecule is c1ccc(-c2nc(-c3ccccc3)nc(-c3cc(-c4ccc5c(c4)c4ccccc4n5-c4ccccc4)c4ccccc4c3)n2)cc1. The molecule has 0 saturated heterocycles. The van der Waals surface area contributed by atoms with Crippen molar-refractivity contribution in [3.63, 3.8) is 0 Å². The van der Waals surface area contributed by atoms with Gasteiger partial charge in [-0.3, -0.25) is 0 Å². The Bertz CT molecular complexity index is 2500. The third-order valence-electron chi connectivity index (χ3n) is 8.82. The van der Waals surface area contributed by atoms with E-state index in [2.05, 4.69) is 114 Å². The van der Waals surface area contributed by atoms with Gasteiger partial charge in [0.15, 0.2) is 17.5 Å². The molecule has 0 spiro atoms. The van der Waals surface area contributed by atoms with E-state index in [4.69, 9.17) is 15.0 Å². The molecule has 0 amide bonds. The molecule has 0 radical (unpaired) electrons. The zero-order valence-electron chi connectivity index (χ0n) is 25.5. The fourth-order valence-corrected chi connectivity index (χ4v) is 6.61. The van der Waals surface area contributed by atoms with Crippen LogP contribution in [0.5, 0.6) is 0 Å². The van der Waals surface area contributed by atoms with Crippen LogP contribution in [0.1, 0.15) is 0 Å². The second-order valence-corrected chi connectivity index (χ2v) is 11.7. The molecule has 0 aliphatic rings. The molecule has 4 heteroatoms. The topological polar surface area (TPSA) is 43.6 Å². The highest BCUT2D eigenvalue weighted by Gasteiger charge is 2.17. The summed E-state index contributed by atoms with van der Waals surface area (Å²) >= 11 is 0. The summed E-state index contributed by atoms with van der Waals surface area (Å²) in [6, 6.07) is 59.3. The van der Waals surface area contributed by atoms with Crippen molar-refractivity contribution in [2.45, 2.75) is 0 Å². The summed E-state index contributed by atoms with van der Waals surface area (Å²) in [5.41, 5.74) is 8.66. The Hall–Kier alpha value is -6.39. The number of nitrogens with zero attached hydrogens (tertiary/aromatic N) is 4. The summed E-state index contributed by atoms with van der Waals surface area (Å²) in [5.74, 6) is 1.95. The molecule has 0 N–H and O–H groups in total. The smallest absolute Gasteiger partial charge is 0.164 e. The van der Waals surface area contributed by atoms with Gasteiger partial charge in [-0.05, 0) is 64.4 Å². The van der Waals surface area contributed by atoms with Gasteiger partial charge in [0.25, 0.3) is 0 Å². The number of rotatable bonds is 5. The van der Waals surface area contributed by atoms with Crippen molar-refractivity contribution in [2.24, 2.45) is 0 Å². The van der Waals surface area contributed by atoms with Crippen LogP contribution < -0.4 is 0 Å². The van der Waals surface area contributed by atoms with Gasteiger partial charge in [0.1, 0.15) is 0 Å². The number of hydrogen-bond donors (Lipinski definition) is 0. The number of benzene rings is 7. The molecule has 0 bridgehead atoms.